The van der Waals surface area contributed by atoms with Crippen LogP contribution in [0.5, 0.6) is 0 Å². The van der Waals surface area contributed by atoms with Crippen LogP contribution in [0.1, 0.15) is 44.2 Å². The summed E-state index contributed by atoms with van der Waals surface area (Å²) in [6, 6.07) is 8.57. The highest BCUT2D eigenvalue weighted by Crippen LogP contribution is 2.38. The monoisotopic (exact) mass is 577 g/mol. The van der Waals surface area contributed by atoms with E-state index in [1.807, 2.05) is 13.8 Å². The molecule has 6 nitrogen and oxygen atoms in total. The number of halogens is 5. The van der Waals surface area contributed by atoms with E-state index >= 15 is 0 Å². The third-order valence-electron chi connectivity index (χ3n) is 7.36. The van der Waals surface area contributed by atoms with E-state index in [2.05, 4.69) is 5.32 Å². The lowest BCUT2D eigenvalue weighted by atomic mass is 9.96. The molecule has 0 bridgehead atoms. The molecule has 0 saturated carbocycles. The molecule has 0 aromatic heterocycles. The topological polar surface area (TPSA) is 69.7 Å². The number of rotatable bonds is 6. The van der Waals surface area contributed by atoms with Crippen molar-refractivity contribution in [2.75, 3.05) is 13.1 Å². The molecule has 2 aliphatic rings. The second-order valence-corrected chi connectivity index (χ2v) is 12.4. The molecule has 2 fully saturated rings. The number of piperidine rings is 1. The molecular formula is C25H28Cl2F3N3O3S. The molecule has 4 rings (SSSR count). The summed E-state index contributed by atoms with van der Waals surface area (Å²) in [4.78, 5) is 15.1. The molecule has 37 heavy (non-hydrogen) atoms. The van der Waals surface area contributed by atoms with Gasteiger partial charge >= 0.3 is 6.18 Å². The minimum absolute atomic E-state index is 0.00569. The van der Waals surface area contributed by atoms with Gasteiger partial charge in [-0.05, 0) is 54.7 Å². The van der Waals surface area contributed by atoms with Gasteiger partial charge in [-0.25, -0.2) is 8.42 Å². The minimum atomic E-state index is -4.50. The fraction of sp³-hybridized carbons (Fsp3) is 0.480. The van der Waals surface area contributed by atoms with Gasteiger partial charge in [0.15, 0.2) is 0 Å². The summed E-state index contributed by atoms with van der Waals surface area (Å²) in [7, 11) is -3.86. The first-order valence-corrected chi connectivity index (χ1v) is 14.2. The van der Waals surface area contributed by atoms with Crippen LogP contribution in [-0.2, 0) is 27.5 Å². The number of sulfonamides is 1. The standard InChI is InChI=1S/C25H28Cl2F3N3O3S/c1-3-16(2)22-23(34)33(15-17-5-4-6-18(13-17)25(28,29)30)24(31-22)9-11-32(12-10-24)37(35,36)19-7-8-20(26)21(27)14-19/h4-8,13-14,16,22,31H,3,9-12,15H2,1-2H3. The summed E-state index contributed by atoms with van der Waals surface area (Å²) in [5.74, 6) is -0.193. The number of carbonyl (C=O) groups excluding carboxylic acids is 1. The Balaban J connectivity index is 1.60. The molecule has 12 heteroatoms. The number of carbonyl (C=O) groups is 1. The molecule has 2 aromatic rings. The first-order valence-electron chi connectivity index (χ1n) is 12.0. The van der Waals surface area contributed by atoms with E-state index in [9.17, 15) is 26.4 Å². The lowest BCUT2D eigenvalue weighted by Crippen LogP contribution is -2.59. The average Bonchev–Trinajstić information content (AvgIpc) is 3.11. The van der Waals surface area contributed by atoms with Gasteiger partial charge in [-0.15, -0.1) is 0 Å². The summed E-state index contributed by atoms with van der Waals surface area (Å²) in [6.07, 6.45) is -3.20. The summed E-state index contributed by atoms with van der Waals surface area (Å²) >= 11 is 12.0. The van der Waals surface area contributed by atoms with Crippen molar-refractivity contribution in [1.29, 1.82) is 0 Å². The Morgan fingerprint density at radius 2 is 1.78 bits per heavy atom. The molecule has 1 amide bonds. The Morgan fingerprint density at radius 3 is 2.38 bits per heavy atom. The SMILES string of the molecule is CCC(C)C1NC2(CCN(S(=O)(=O)c3ccc(Cl)c(Cl)c3)CC2)N(Cc2cccc(C(F)(F)F)c2)C1=O. The lowest BCUT2D eigenvalue weighted by Gasteiger charge is -2.44. The molecule has 1 N–H and O–H groups in total. The zero-order valence-electron chi connectivity index (χ0n) is 20.4. The smallest absolute Gasteiger partial charge is 0.319 e. The number of nitrogens with zero attached hydrogens (tertiary/aromatic N) is 2. The Hall–Kier alpha value is -1.85. The largest absolute Gasteiger partial charge is 0.416 e. The van der Waals surface area contributed by atoms with Gasteiger partial charge in [0, 0.05) is 19.6 Å². The second kappa shape index (κ2) is 10.4. The molecular weight excluding hydrogens is 550 g/mol. The van der Waals surface area contributed by atoms with Crippen molar-refractivity contribution in [1.82, 2.24) is 14.5 Å². The van der Waals surface area contributed by atoms with Crippen LogP contribution in [0.25, 0.3) is 0 Å². The minimum Gasteiger partial charge on any atom is -0.319 e. The van der Waals surface area contributed by atoms with E-state index in [0.29, 0.717) is 5.56 Å². The fourth-order valence-corrected chi connectivity index (χ4v) is 6.82. The highest BCUT2D eigenvalue weighted by molar-refractivity contribution is 7.89. The Morgan fingerprint density at radius 1 is 1.11 bits per heavy atom. The van der Waals surface area contributed by atoms with Crippen molar-refractivity contribution in [2.45, 2.75) is 62.4 Å². The van der Waals surface area contributed by atoms with Gasteiger partial charge < -0.3 is 4.90 Å². The van der Waals surface area contributed by atoms with Gasteiger partial charge in [-0.1, -0.05) is 55.6 Å². The van der Waals surface area contributed by atoms with Crippen molar-refractivity contribution in [2.24, 2.45) is 5.92 Å². The first-order chi connectivity index (χ1) is 17.3. The predicted molar refractivity (Wildman–Crippen MR) is 136 cm³/mol. The van der Waals surface area contributed by atoms with E-state index < -0.39 is 33.5 Å². The number of alkyl halides is 3. The van der Waals surface area contributed by atoms with Crippen LogP contribution in [0, 0.1) is 5.92 Å². The Kier molecular flexibility index (Phi) is 7.90. The molecule has 0 radical (unpaired) electrons. The first kappa shape index (κ1) is 28.2. The fourth-order valence-electron chi connectivity index (χ4n) is 4.98. The maximum Gasteiger partial charge on any atom is 0.416 e. The highest BCUT2D eigenvalue weighted by Gasteiger charge is 2.53. The van der Waals surface area contributed by atoms with Crippen molar-refractivity contribution in [3.8, 4) is 0 Å². The summed E-state index contributed by atoms with van der Waals surface area (Å²) in [5, 5.41) is 3.82. The quantitative estimate of drug-likeness (QED) is 0.489. The van der Waals surface area contributed by atoms with E-state index in [0.717, 1.165) is 18.6 Å². The van der Waals surface area contributed by atoms with Crippen LogP contribution >= 0.6 is 23.2 Å². The summed E-state index contributed by atoms with van der Waals surface area (Å²) < 4.78 is 67.7. The molecule has 2 saturated heterocycles. The maximum absolute atomic E-state index is 13.5. The molecule has 2 heterocycles. The molecule has 2 aromatic carbocycles. The number of amides is 1. The molecule has 0 aliphatic carbocycles. The highest BCUT2D eigenvalue weighted by atomic mass is 35.5. The zero-order valence-corrected chi connectivity index (χ0v) is 22.7. The van der Waals surface area contributed by atoms with Crippen molar-refractivity contribution in [3.63, 3.8) is 0 Å². The van der Waals surface area contributed by atoms with Gasteiger partial charge in [-0.3, -0.25) is 10.1 Å². The van der Waals surface area contributed by atoms with Crippen molar-refractivity contribution in [3.05, 3.63) is 63.6 Å². The zero-order chi connectivity index (χ0) is 27.2. The third kappa shape index (κ3) is 5.49. The molecule has 2 unspecified atom stereocenters. The van der Waals surface area contributed by atoms with E-state index in [1.165, 1.54) is 28.6 Å². The van der Waals surface area contributed by atoms with Crippen LogP contribution < -0.4 is 5.32 Å². The van der Waals surface area contributed by atoms with Crippen molar-refractivity contribution < 1.29 is 26.4 Å². The van der Waals surface area contributed by atoms with Crippen LogP contribution in [0.4, 0.5) is 13.2 Å². The van der Waals surface area contributed by atoms with Crippen LogP contribution in [0.15, 0.2) is 47.4 Å². The molecule has 2 atom stereocenters. The predicted octanol–water partition coefficient (Wildman–Crippen LogP) is 5.54. The molecule has 1 spiro atoms. The van der Waals surface area contributed by atoms with Gasteiger partial charge in [0.1, 0.15) is 0 Å². The molecule has 202 valence electrons. The van der Waals surface area contributed by atoms with E-state index in [-0.39, 0.29) is 59.2 Å². The molecule has 2 aliphatic heterocycles. The van der Waals surface area contributed by atoms with Gasteiger partial charge in [0.25, 0.3) is 0 Å². The van der Waals surface area contributed by atoms with E-state index in [4.69, 9.17) is 23.2 Å². The number of hydrogen-bond donors (Lipinski definition) is 1. The number of hydrogen-bond acceptors (Lipinski definition) is 4. The van der Waals surface area contributed by atoms with Crippen LogP contribution in [0.2, 0.25) is 10.0 Å². The Labute approximate surface area is 224 Å². The normalized spacial score (nSPS) is 21.5. The van der Waals surface area contributed by atoms with Crippen LogP contribution in [0.3, 0.4) is 0 Å². The maximum atomic E-state index is 13.5. The van der Waals surface area contributed by atoms with Gasteiger partial charge in [-0.2, -0.15) is 17.5 Å². The lowest BCUT2D eigenvalue weighted by molar-refractivity contribution is -0.137. The van der Waals surface area contributed by atoms with E-state index in [1.54, 1.807) is 11.0 Å². The van der Waals surface area contributed by atoms with Crippen molar-refractivity contribution >= 4 is 39.1 Å². The van der Waals surface area contributed by atoms with Gasteiger partial charge in [0.2, 0.25) is 15.9 Å². The third-order valence-corrected chi connectivity index (χ3v) is 9.99. The average molecular weight is 578 g/mol. The number of benzene rings is 2. The van der Waals surface area contributed by atoms with Gasteiger partial charge in [0.05, 0.1) is 32.2 Å². The van der Waals surface area contributed by atoms with Crippen LogP contribution in [-0.4, -0.2) is 48.3 Å². The number of nitrogens with one attached hydrogen (secondary N) is 1. The summed E-state index contributed by atoms with van der Waals surface area (Å²) in [6.45, 7) is 4.14. The summed E-state index contributed by atoms with van der Waals surface area (Å²) in [5.41, 5.74) is -1.29. The Bertz CT molecular complexity index is 1280. The second-order valence-electron chi connectivity index (χ2n) is 9.64.